The van der Waals surface area contributed by atoms with E-state index >= 15 is 8.78 Å². The number of phenols is 1. The van der Waals surface area contributed by atoms with Crippen molar-refractivity contribution in [1.82, 2.24) is 19.4 Å². The first-order chi connectivity index (χ1) is 22.2. The van der Waals surface area contributed by atoms with Gasteiger partial charge in [-0.15, -0.1) is 0 Å². The van der Waals surface area contributed by atoms with E-state index in [2.05, 4.69) is 22.6 Å². The fourth-order valence-electron chi connectivity index (χ4n) is 6.24. The van der Waals surface area contributed by atoms with E-state index in [9.17, 15) is 20.0 Å². The molecular weight excluding hydrogens is 673 g/mol. The average Bonchev–Trinajstić information content (AvgIpc) is 3.02. The second-order valence-corrected chi connectivity index (χ2v) is 12.9. The summed E-state index contributed by atoms with van der Waals surface area (Å²) in [6.07, 6.45) is 2.82. The number of carbonyl (C=O) groups excluding carboxylic acids is 1. The van der Waals surface area contributed by atoms with Gasteiger partial charge in [0.2, 0.25) is 5.91 Å². The Balaban J connectivity index is 1.95. The molecule has 1 aliphatic rings. The number of piperazine rings is 1. The number of amides is 1. The largest absolute Gasteiger partial charge is 0.504 e. The van der Waals surface area contributed by atoms with Gasteiger partial charge < -0.3 is 14.9 Å². The van der Waals surface area contributed by atoms with E-state index in [4.69, 9.17) is 34.8 Å². The summed E-state index contributed by atoms with van der Waals surface area (Å²) in [5.74, 6) is -4.34. The first kappa shape index (κ1) is 34.1. The molecule has 1 amide bonds. The van der Waals surface area contributed by atoms with Crippen molar-refractivity contribution in [3.05, 3.63) is 84.9 Å². The summed E-state index contributed by atoms with van der Waals surface area (Å²) < 4.78 is 32.3. The lowest BCUT2D eigenvalue weighted by molar-refractivity contribution is -0.130. The summed E-state index contributed by atoms with van der Waals surface area (Å²) in [7, 11) is 0. The van der Waals surface area contributed by atoms with Gasteiger partial charge in [0.1, 0.15) is 22.3 Å². The van der Waals surface area contributed by atoms with Gasteiger partial charge in [-0.1, -0.05) is 55.2 Å². The van der Waals surface area contributed by atoms with Gasteiger partial charge in [0.05, 0.1) is 38.4 Å². The molecule has 244 valence electrons. The maximum atomic E-state index is 15.6. The van der Waals surface area contributed by atoms with Crippen molar-refractivity contribution in [2.45, 2.75) is 52.6 Å². The second-order valence-electron chi connectivity index (χ2n) is 11.7. The number of pyridine rings is 3. The van der Waals surface area contributed by atoms with Crippen LogP contribution in [0.2, 0.25) is 15.1 Å². The van der Waals surface area contributed by atoms with Crippen LogP contribution in [-0.4, -0.2) is 55.6 Å². The number of aromatic hydroxyl groups is 1. The normalized spacial score (nSPS) is 16.6. The quantitative estimate of drug-likeness (QED) is 0.132. The number of carbonyl (C=O) groups is 1. The third-order valence-corrected chi connectivity index (χ3v) is 9.36. The maximum absolute atomic E-state index is 15.6. The average molecular weight is 702 g/mol. The number of nitrogens with zero attached hydrogens (tertiary/aromatic N) is 6. The Bertz CT molecular complexity index is 2050. The molecule has 1 saturated heterocycles. The van der Waals surface area contributed by atoms with E-state index in [1.807, 2.05) is 27.7 Å². The number of halogens is 5. The summed E-state index contributed by atoms with van der Waals surface area (Å²) in [5.41, 5.74) is -0.748. The molecule has 5 rings (SSSR count). The number of rotatable bonds is 5. The first-order valence-electron chi connectivity index (χ1n) is 14.6. The lowest BCUT2D eigenvalue weighted by atomic mass is 10.0. The van der Waals surface area contributed by atoms with Gasteiger partial charge >= 0.3 is 0 Å². The molecule has 3 aromatic heterocycles. The van der Waals surface area contributed by atoms with Crippen LogP contribution in [0.15, 0.2) is 35.8 Å². The molecule has 1 N–H and O–H groups in total. The zero-order valence-corrected chi connectivity index (χ0v) is 28.3. The standard InChI is InChI=1S/C33H29Cl3F2N6O3/c1-7-21(45)43-16(5)12-42(13-17(43)6)30-18-10-20(34)28(22-25(37)23(35)24(36)31(46)26(22)38)41-32(18)44(33(47)19(30)11-39)29-15(4)8-9-40-27(29)14(2)3/h7-10,14,16-17,46H,1,12-13H2,2-6H3/t16-,17+. The van der Waals surface area contributed by atoms with E-state index < -0.39 is 44.2 Å². The van der Waals surface area contributed by atoms with Crippen molar-refractivity contribution in [1.29, 1.82) is 5.26 Å². The van der Waals surface area contributed by atoms with Crippen molar-refractivity contribution in [2.24, 2.45) is 0 Å². The zero-order valence-electron chi connectivity index (χ0n) is 26.0. The smallest absolute Gasteiger partial charge is 0.276 e. The van der Waals surface area contributed by atoms with Gasteiger partial charge in [0.15, 0.2) is 17.4 Å². The summed E-state index contributed by atoms with van der Waals surface area (Å²) in [5, 5.41) is 19.3. The molecule has 14 heteroatoms. The number of fused-ring (bicyclic) bond motifs is 1. The Hall–Kier alpha value is -4.24. The molecule has 0 unspecified atom stereocenters. The predicted octanol–water partition coefficient (Wildman–Crippen LogP) is 7.31. The SMILES string of the molecule is C=CC(=O)N1[C@H](C)CN(c2c(C#N)c(=O)n(-c3c(C)ccnc3C(C)C)c3nc(-c4c(F)c(O)c(Cl)c(Cl)c4F)c(Cl)cc23)C[C@@H]1C. The van der Waals surface area contributed by atoms with E-state index in [0.717, 1.165) is 0 Å². The van der Waals surface area contributed by atoms with Crippen molar-refractivity contribution in [3.63, 3.8) is 0 Å². The molecule has 4 heterocycles. The topological polar surface area (TPSA) is 115 Å². The fourth-order valence-corrected chi connectivity index (χ4v) is 6.83. The summed E-state index contributed by atoms with van der Waals surface area (Å²) in [4.78, 5) is 39.7. The molecule has 1 fully saturated rings. The molecule has 0 spiro atoms. The number of nitriles is 1. The predicted molar refractivity (Wildman–Crippen MR) is 179 cm³/mol. The van der Waals surface area contributed by atoms with Gasteiger partial charge in [0.25, 0.3) is 5.56 Å². The molecule has 0 bridgehead atoms. The zero-order chi connectivity index (χ0) is 34.6. The van der Waals surface area contributed by atoms with Gasteiger partial charge in [-0.25, -0.2) is 13.8 Å². The number of benzene rings is 1. The molecule has 4 aromatic rings. The highest BCUT2D eigenvalue weighted by atomic mass is 35.5. The van der Waals surface area contributed by atoms with Gasteiger partial charge in [-0.05, 0) is 50.5 Å². The van der Waals surface area contributed by atoms with Crippen LogP contribution < -0.4 is 10.5 Å². The number of phenolic OH excluding ortho intramolecular Hbond substituents is 1. The molecule has 9 nitrogen and oxygen atoms in total. The Kier molecular flexibility index (Phi) is 9.25. The Morgan fingerprint density at radius 2 is 1.79 bits per heavy atom. The number of anilines is 1. The van der Waals surface area contributed by atoms with Crippen LogP contribution in [0.25, 0.3) is 28.0 Å². The second kappa shape index (κ2) is 12.8. The van der Waals surface area contributed by atoms with Crippen LogP contribution in [0.1, 0.15) is 50.4 Å². The number of aromatic nitrogens is 3. The fraction of sp³-hybridized carbons (Fsp3) is 0.303. The molecule has 1 aliphatic heterocycles. The highest BCUT2D eigenvalue weighted by Crippen LogP contribution is 2.45. The van der Waals surface area contributed by atoms with Crippen LogP contribution in [0.5, 0.6) is 5.75 Å². The lowest BCUT2D eigenvalue weighted by Gasteiger charge is -2.45. The molecular formula is C33H29Cl3F2N6O3. The van der Waals surface area contributed by atoms with Crippen molar-refractivity contribution in [3.8, 4) is 28.8 Å². The van der Waals surface area contributed by atoms with Gasteiger partial charge in [-0.3, -0.25) is 19.1 Å². The van der Waals surface area contributed by atoms with Crippen LogP contribution in [0.4, 0.5) is 14.5 Å². The highest BCUT2D eigenvalue weighted by molar-refractivity contribution is 6.43. The van der Waals surface area contributed by atoms with Crippen molar-refractivity contribution < 1.29 is 18.7 Å². The highest BCUT2D eigenvalue weighted by Gasteiger charge is 2.36. The van der Waals surface area contributed by atoms with Crippen LogP contribution >= 0.6 is 34.8 Å². The van der Waals surface area contributed by atoms with E-state index in [1.165, 1.54) is 16.7 Å². The maximum Gasteiger partial charge on any atom is 0.276 e. The molecule has 2 atom stereocenters. The lowest BCUT2D eigenvalue weighted by Crippen LogP contribution is -2.58. The molecule has 0 aliphatic carbocycles. The first-order valence-corrected chi connectivity index (χ1v) is 15.7. The summed E-state index contributed by atoms with van der Waals surface area (Å²) in [6, 6.07) is 4.40. The Labute approximate surface area is 284 Å². The molecule has 47 heavy (non-hydrogen) atoms. The minimum absolute atomic E-state index is 0.0873. The van der Waals surface area contributed by atoms with Crippen LogP contribution in [0.3, 0.4) is 0 Å². The number of hydrogen-bond donors (Lipinski definition) is 1. The van der Waals surface area contributed by atoms with Gasteiger partial charge in [0, 0.05) is 36.8 Å². The number of hydrogen-bond acceptors (Lipinski definition) is 7. The van der Waals surface area contributed by atoms with E-state index in [0.29, 0.717) is 16.9 Å². The van der Waals surface area contributed by atoms with E-state index in [-0.39, 0.29) is 64.3 Å². The minimum atomic E-state index is -1.46. The molecule has 0 saturated carbocycles. The minimum Gasteiger partial charge on any atom is -0.504 e. The molecule has 1 aromatic carbocycles. The van der Waals surface area contributed by atoms with Crippen molar-refractivity contribution in [2.75, 3.05) is 18.0 Å². The Morgan fingerprint density at radius 1 is 1.15 bits per heavy atom. The third-order valence-electron chi connectivity index (χ3n) is 8.25. The number of aryl methyl sites for hydroxylation is 1. The van der Waals surface area contributed by atoms with Crippen molar-refractivity contribution >= 4 is 57.4 Å². The summed E-state index contributed by atoms with van der Waals surface area (Å²) in [6.45, 7) is 13.2. The van der Waals surface area contributed by atoms with Gasteiger partial charge in [-0.2, -0.15) is 5.26 Å². The Morgan fingerprint density at radius 3 is 2.36 bits per heavy atom. The van der Waals surface area contributed by atoms with E-state index in [1.54, 1.807) is 29.0 Å². The molecule has 0 radical (unpaired) electrons. The van der Waals surface area contributed by atoms with Crippen LogP contribution in [0, 0.1) is 29.9 Å². The third kappa shape index (κ3) is 5.48. The van der Waals surface area contributed by atoms with Crippen LogP contribution in [-0.2, 0) is 4.79 Å². The monoisotopic (exact) mass is 700 g/mol. The summed E-state index contributed by atoms with van der Waals surface area (Å²) >= 11 is 18.6.